The van der Waals surface area contributed by atoms with Gasteiger partial charge in [0.2, 0.25) is 0 Å². The van der Waals surface area contributed by atoms with E-state index in [1.807, 2.05) is 0 Å². The molecule has 0 saturated carbocycles. The summed E-state index contributed by atoms with van der Waals surface area (Å²) in [6.45, 7) is 3.09. The summed E-state index contributed by atoms with van der Waals surface area (Å²) in [4.78, 5) is 0. The Bertz CT molecular complexity index is 14.4. The minimum absolute atomic E-state index is 0.573. The molecular weight excluding hydrogens is 253 g/mol. The van der Waals surface area contributed by atoms with Crippen molar-refractivity contribution in [2.24, 2.45) is 0 Å². The topological polar surface area (TPSA) is 9.23 Å². The van der Waals surface area contributed by atoms with Gasteiger partial charge in [-0.05, 0) is 0 Å². The zero-order valence-corrected chi connectivity index (χ0v) is 9.03. The van der Waals surface area contributed by atoms with Crippen molar-refractivity contribution in [1.29, 1.82) is 0 Å². The Hall–Kier alpha value is 0.895. The van der Waals surface area contributed by atoms with Crippen molar-refractivity contribution in [1.82, 2.24) is 0 Å². The van der Waals surface area contributed by atoms with Crippen LogP contribution >= 0.6 is 0 Å². The van der Waals surface area contributed by atoms with Gasteiger partial charge in [0.05, 0.1) is 0 Å². The molecule has 0 unspecified atom stereocenters. The third-order valence-electron chi connectivity index (χ3n) is 0.348. The average molecular weight is 260 g/mol. The fraction of sp³-hybridized carbons (Fsp3) is 1.00. The van der Waals surface area contributed by atoms with Crippen LogP contribution in [-0.2, 0) is 29.2 Å². The van der Waals surface area contributed by atoms with E-state index in [1.165, 1.54) is 6.42 Å². The van der Waals surface area contributed by atoms with E-state index in [0.29, 0.717) is 26.6 Å². The normalized spacial score (nSPS) is 8.60. The summed E-state index contributed by atoms with van der Waals surface area (Å²) in [6.07, 6.45) is 1.17. The van der Waals surface area contributed by atoms with Crippen molar-refractivity contribution < 1.29 is 29.2 Å². The molecule has 0 aliphatic carbocycles. The third kappa shape index (κ3) is 4.90. The van der Waals surface area contributed by atoms with Gasteiger partial charge in [-0.15, -0.1) is 0 Å². The molecular formula is C3H7HgO. The van der Waals surface area contributed by atoms with Crippen molar-refractivity contribution >= 4 is 0 Å². The molecule has 5 heavy (non-hydrogen) atoms. The maximum atomic E-state index is 4.89. The van der Waals surface area contributed by atoms with Crippen LogP contribution in [0.3, 0.4) is 0 Å². The Morgan fingerprint density at radius 3 is 2.40 bits per heavy atom. The molecule has 0 atom stereocenters. The van der Waals surface area contributed by atoms with Crippen molar-refractivity contribution in [2.45, 2.75) is 13.3 Å². The van der Waals surface area contributed by atoms with Gasteiger partial charge in [-0.25, -0.2) is 0 Å². The summed E-state index contributed by atoms with van der Waals surface area (Å²) in [6, 6.07) is 0. The summed E-state index contributed by atoms with van der Waals surface area (Å²) in [7, 11) is 0. The van der Waals surface area contributed by atoms with E-state index in [0.717, 1.165) is 6.61 Å². The van der Waals surface area contributed by atoms with Crippen LogP contribution in [0.4, 0.5) is 0 Å². The predicted molar refractivity (Wildman–Crippen MR) is 16.2 cm³/mol. The second-order valence-electron chi connectivity index (χ2n) is 0.908. The number of hydrogen-bond donors (Lipinski definition) is 0. The summed E-state index contributed by atoms with van der Waals surface area (Å²) in [5, 5.41) is 0. The Labute approximate surface area is 49.3 Å². The summed E-state index contributed by atoms with van der Waals surface area (Å²) in [5.41, 5.74) is 0. The van der Waals surface area contributed by atoms with E-state index in [9.17, 15) is 0 Å². The SMILES string of the molecule is CCC[O][Hg]. The Balaban J connectivity index is 2.19. The third-order valence-corrected chi connectivity index (χ3v) is 1.47. The molecule has 0 radical (unpaired) electrons. The van der Waals surface area contributed by atoms with Gasteiger partial charge in [0.25, 0.3) is 0 Å². The van der Waals surface area contributed by atoms with Gasteiger partial charge >= 0.3 is 49.2 Å². The molecule has 0 rings (SSSR count). The zero-order chi connectivity index (χ0) is 4.12. The fourth-order valence-electron chi connectivity index (χ4n) is 0.144. The fourth-order valence-corrected chi connectivity index (χ4v) is 1.27. The molecule has 0 aliphatic heterocycles. The van der Waals surface area contributed by atoms with E-state index >= 15 is 0 Å². The summed E-state index contributed by atoms with van der Waals surface area (Å²) >= 11 is 0.573. The molecule has 0 aliphatic rings. The molecule has 0 N–H and O–H groups in total. The first-order chi connectivity index (χ1) is 2.41. The van der Waals surface area contributed by atoms with Gasteiger partial charge in [0.15, 0.2) is 0 Å². The van der Waals surface area contributed by atoms with Crippen LogP contribution in [0, 0.1) is 0 Å². The van der Waals surface area contributed by atoms with Gasteiger partial charge < -0.3 is 0 Å². The monoisotopic (exact) mass is 261 g/mol. The summed E-state index contributed by atoms with van der Waals surface area (Å²) < 4.78 is 4.89. The van der Waals surface area contributed by atoms with Crippen molar-refractivity contribution in [3.05, 3.63) is 0 Å². The first-order valence-electron chi connectivity index (χ1n) is 1.78. The summed E-state index contributed by atoms with van der Waals surface area (Å²) in [5.74, 6) is 0. The Morgan fingerprint density at radius 1 is 1.80 bits per heavy atom. The standard InChI is InChI=1S/C3H7O.Hg/c1-2-3-4;/h2-3H2,1H3;/q-1;+1. The van der Waals surface area contributed by atoms with Crippen molar-refractivity contribution in [3.8, 4) is 0 Å². The molecule has 2 heteroatoms. The van der Waals surface area contributed by atoms with E-state index in [1.54, 1.807) is 0 Å². The van der Waals surface area contributed by atoms with Gasteiger partial charge in [0.1, 0.15) is 0 Å². The molecule has 0 aromatic carbocycles. The van der Waals surface area contributed by atoms with Crippen LogP contribution in [0.2, 0.25) is 0 Å². The van der Waals surface area contributed by atoms with E-state index in [2.05, 4.69) is 6.92 Å². The molecule has 27 valence electrons. The molecule has 0 aromatic heterocycles. The van der Waals surface area contributed by atoms with Crippen LogP contribution in [0.15, 0.2) is 0 Å². The molecule has 0 aromatic rings. The van der Waals surface area contributed by atoms with E-state index in [-0.39, 0.29) is 0 Å². The minimum atomic E-state index is 0.573. The van der Waals surface area contributed by atoms with E-state index in [4.69, 9.17) is 2.64 Å². The average Bonchev–Trinajstić information content (AvgIpc) is 1.41. The maximum absolute atomic E-state index is 4.89. The second-order valence-corrected chi connectivity index (χ2v) is 2.50. The quantitative estimate of drug-likeness (QED) is 0.669. The first kappa shape index (κ1) is 5.90. The van der Waals surface area contributed by atoms with Crippen LogP contribution in [0.25, 0.3) is 0 Å². The van der Waals surface area contributed by atoms with Crippen LogP contribution in [0.1, 0.15) is 13.3 Å². The van der Waals surface area contributed by atoms with Gasteiger partial charge in [0, 0.05) is 0 Å². The van der Waals surface area contributed by atoms with Crippen LogP contribution in [0.5, 0.6) is 0 Å². The number of hydrogen-bond acceptors (Lipinski definition) is 1. The van der Waals surface area contributed by atoms with E-state index < -0.39 is 0 Å². The molecule has 0 amide bonds. The Kier molecular flexibility index (Phi) is 5.77. The molecule has 0 fully saturated rings. The predicted octanol–water partition coefficient (Wildman–Crippen LogP) is 0.875. The van der Waals surface area contributed by atoms with Crippen molar-refractivity contribution in [3.63, 3.8) is 0 Å². The van der Waals surface area contributed by atoms with Crippen molar-refractivity contribution in [2.75, 3.05) is 6.61 Å². The second kappa shape index (κ2) is 4.90. The molecule has 0 saturated heterocycles. The molecule has 0 heterocycles. The van der Waals surface area contributed by atoms with Gasteiger partial charge in [-0.3, -0.25) is 0 Å². The molecule has 0 bridgehead atoms. The van der Waals surface area contributed by atoms with Gasteiger partial charge in [-0.1, -0.05) is 0 Å². The molecule has 0 spiro atoms. The van der Waals surface area contributed by atoms with Crippen LogP contribution < -0.4 is 0 Å². The van der Waals surface area contributed by atoms with Crippen LogP contribution in [-0.4, -0.2) is 6.61 Å². The Morgan fingerprint density at radius 2 is 2.40 bits per heavy atom. The molecule has 1 nitrogen and oxygen atoms in total. The first-order valence-corrected chi connectivity index (χ1v) is 4.03. The number of rotatable bonds is 2. The zero-order valence-electron chi connectivity index (χ0n) is 3.53. The van der Waals surface area contributed by atoms with Gasteiger partial charge in [-0.2, -0.15) is 0 Å².